The Kier molecular flexibility index (Phi) is 8.70. The summed E-state index contributed by atoms with van der Waals surface area (Å²) in [5, 5.41) is 13.5. The van der Waals surface area contributed by atoms with E-state index >= 15 is 0 Å². The summed E-state index contributed by atoms with van der Waals surface area (Å²) in [7, 11) is 0. The SMILES string of the molecule is CC(C)(c1ccccc1)c1ccccc1.[N-]=C=O.[N-]=C=O. The van der Waals surface area contributed by atoms with Gasteiger partial charge in [-0.05, 0) is 23.3 Å². The molecule has 2 rings (SSSR count). The first kappa shape index (κ1) is 18.2. The van der Waals surface area contributed by atoms with Crippen molar-refractivity contribution in [2.45, 2.75) is 19.3 Å². The molecule has 0 saturated heterocycles. The fraction of sp³-hybridized carbons (Fsp3) is 0.176. The van der Waals surface area contributed by atoms with E-state index < -0.39 is 0 Å². The van der Waals surface area contributed by atoms with Crippen molar-refractivity contribution in [3.05, 3.63) is 82.6 Å². The summed E-state index contributed by atoms with van der Waals surface area (Å²) < 4.78 is 0. The maximum Gasteiger partial charge on any atom is 0.0146 e. The first-order chi connectivity index (χ1) is 10.0. The first-order valence-electron chi connectivity index (χ1n) is 6.18. The summed E-state index contributed by atoms with van der Waals surface area (Å²) in [6, 6.07) is 21.3. The van der Waals surface area contributed by atoms with Gasteiger partial charge in [-0.15, -0.1) is 0 Å². The first-order valence-corrected chi connectivity index (χ1v) is 6.18. The molecular weight excluding hydrogens is 264 g/mol. The topological polar surface area (TPSA) is 78.7 Å². The van der Waals surface area contributed by atoms with Gasteiger partial charge < -0.3 is 10.8 Å². The second-order valence-corrected chi connectivity index (χ2v) is 4.54. The van der Waals surface area contributed by atoms with E-state index in [1.54, 1.807) is 0 Å². The molecule has 0 atom stereocenters. The highest BCUT2D eigenvalue weighted by Gasteiger charge is 2.21. The van der Waals surface area contributed by atoms with Crippen molar-refractivity contribution >= 4 is 12.2 Å². The van der Waals surface area contributed by atoms with Gasteiger partial charge in [-0.3, -0.25) is 9.59 Å². The molecular formula is C17H16N2O2-2. The van der Waals surface area contributed by atoms with Crippen molar-refractivity contribution in [2.75, 3.05) is 0 Å². The maximum absolute atomic E-state index is 8.24. The zero-order chi connectivity index (χ0) is 16.1. The summed E-state index contributed by atoms with van der Waals surface area (Å²) in [4.78, 5) is 16.5. The molecule has 0 heterocycles. The van der Waals surface area contributed by atoms with Gasteiger partial charge in [-0.1, -0.05) is 74.5 Å². The third kappa shape index (κ3) is 6.26. The minimum Gasteiger partial charge on any atom is -0.724 e. The van der Waals surface area contributed by atoms with Crippen LogP contribution in [0.3, 0.4) is 0 Å². The molecule has 0 aliphatic carbocycles. The zero-order valence-corrected chi connectivity index (χ0v) is 12.0. The van der Waals surface area contributed by atoms with E-state index in [1.807, 2.05) is 0 Å². The van der Waals surface area contributed by atoms with Gasteiger partial charge in [0.15, 0.2) is 0 Å². The lowest BCUT2D eigenvalue weighted by atomic mass is 9.78. The van der Waals surface area contributed by atoms with E-state index in [0.717, 1.165) is 0 Å². The second kappa shape index (κ2) is 10.0. The van der Waals surface area contributed by atoms with E-state index in [-0.39, 0.29) is 5.41 Å². The molecule has 0 amide bonds. The second-order valence-electron chi connectivity index (χ2n) is 4.54. The van der Waals surface area contributed by atoms with Crippen molar-refractivity contribution < 1.29 is 9.59 Å². The molecule has 4 nitrogen and oxygen atoms in total. The van der Waals surface area contributed by atoms with E-state index in [1.165, 1.54) is 11.1 Å². The van der Waals surface area contributed by atoms with E-state index in [4.69, 9.17) is 20.4 Å². The van der Waals surface area contributed by atoms with Crippen LogP contribution < -0.4 is 0 Å². The fourth-order valence-electron chi connectivity index (χ4n) is 1.88. The van der Waals surface area contributed by atoms with Crippen LogP contribution in [0.5, 0.6) is 0 Å². The minimum atomic E-state index is 0.0858. The van der Waals surface area contributed by atoms with Crippen molar-refractivity contribution in [1.29, 1.82) is 0 Å². The van der Waals surface area contributed by atoms with Crippen molar-refractivity contribution in [2.24, 2.45) is 0 Å². The van der Waals surface area contributed by atoms with Crippen LogP contribution in [0, 0.1) is 0 Å². The normalized spacial score (nSPS) is 8.86. The fourth-order valence-corrected chi connectivity index (χ4v) is 1.88. The molecule has 0 saturated carbocycles. The lowest BCUT2D eigenvalue weighted by molar-refractivity contribution is 0.568. The molecule has 0 fully saturated rings. The van der Waals surface area contributed by atoms with Crippen LogP contribution in [-0.2, 0) is 15.0 Å². The van der Waals surface area contributed by atoms with Crippen molar-refractivity contribution in [3.63, 3.8) is 0 Å². The van der Waals surface area contributed by atoms with Crippen molar-refractivity contribution in [3.8, 4) is 0 Å². The Bertz CT molecular complexity index is 527. The number of hydrogen-bond donors (Lipinski definition) is 0. The molecule has 0 aliphatic rings. The Morgan fingerprint density at radius 1 is 0.714 bits per heavy atom. The molecule has 0 unspecified atom stereocenters. The van der Waals surface area contributed by atoms with Gasteiger partial charge in [-0.2, -0.15) is 0 Å². The summed E-state index contributed by atoms with van der Waals surface area (Å²) in [5.41, 5.74) is 2.80. The molecule has 0 aromatic heterocycles. The molecule has 0 N–H and O–H groups in total. The molecule has 0 radical (unpaired) electrons. The highest BCUT2D eigenvalue weighted by Crippen LogP contribution is 2.30. The van der Waals surface area contributed by atoms with Gasteiger partial charge >= 0.3 is 0 Å². The maximum atomic E-state index is 8.24. The average molecular weight is 280 g/mol. The quantitative estimate of drug-likeness (QED) is 0.619. The Labute approximate surface area is 124 Å². The van der Waals surface area contributed by atoms with Crippen LogP contribution in [0.2, 0.25) is 0 Å². The monoisotopic (exact) mass is 280 g/mol. The smallest absolute Gasteiger partial charge is 0.0146 e. The molecule has 2 aromatic carbocycles. The summed E-state index contributed by atoms with van der Waals surface area (Å²) in [5.74, 6) is 0. The zero-order valence-electron chi connectivity index (χ0n) is 12.0. The molecule has 21 heavy (non-hydrogen) atoms. The third-order valence-electron chi connectivity index (χ3n) is 2.99. The molecule has 4 heteroatoms. The highest BCUT2D eigenvalue weighted by molar-refractivity contribution is 5.37. The lowest BCUT2D eigenvalue weighted by Crippen LogP contribution is -2.18. The number of benzene rings is 2. The van der Waals surface area contributed by atoms with Crippen LogP contribution in [-0.4, -0.2) is 12.2 Å². The molecule has 0 aliphatic heterocycles. The Morgan fingerprint density at radius 3 is 1.19 bits per heavy atom. The van der Waals surface area contributed by atoms with Gasteiger partial charge in [0, 0.05) is 5.41 Å². The summed E-state index contributed by atoms with van der Waals surface area (Å²) >= 11 is 0. The largest absolute Gasteiger partial charge is 0.724 e. The van der Waals surface area contributed by atoms with Crippen LogP contribution in [0.4, 0.5) is 0 Å². The number of nitrogens with zero attached hydrogens (tertiary/aromatic N) is 2. The molecule has 0 spiro atoms. The Morgan fingerprint density at radius 2 is 0.952 bits per heavy atom. The number of isocyanates is 2. The summed E-state index contributed by atoms with van der Waals surface area (Å²) in [6.45, 7) is 4.52. The average Bonchev–Trinajstić information content (AvgIpc) is 2.51. The van der Waals surface area contributed by atoms with Gasteiger partial charge in [0.1, 0.15) is 0 Å². The lowest BCUT2D eigenvalue weighted by Gasteiger charge is -2.25. The third-order valence-corrected chi connectivity index (χ3v) is 2.99. The van der Waals surface area contributed by atoms with Gasteiger partial charge in [0.25, 0.3) is 0 Å². The predicted molar refractivity (Wildman–Crippen MR) is 83.1 cm³/mol. The predicted octanol–water partition coefficient (Wildman–Crippen LogP) is 3.80. The van der Waals surface area contributed by atoms with Gasteiger partial charge in [-0.25, -0.2) is 0 Å². The number of rotatable bonds is 2. The standard InChI is InChI=1S/C15H16.2CNO/c1-15(2,13-9-5-3-6-10-13)14-11-7-4-8-12-14;2*2-1-3/h3-12H,1-2H3;;/q;2*-1. The minimum absolute atomic E-state index is 0.0858. The Balaban J connectivity index is 0.000000578. The molecule has 0 bridgehead atoms. The summed E-state index contributed by atoms with van der Waals surface area (Å²) in [6.07, 6.45) is 1.00. The van der Waals surface area contributed by atoms with Crippen LogP contribution >= 0.6 is 0 Å². The van der Waals surface area contributed by atoms with E-state index in [9.17, 15) is 0 Å². The van der Waals surface area contributed by atoms with Crippen molar-refractivity contribution in [1.82, 2.24) is 0 Å². The molecule has 2 aromatic rings. The van der Waals surface area contributed by atoms with Crippen LogP contribution in [0.25, 0.3) is 10.8 Å². The number of carbonyl (C=O) groups excluding carboxylic acids is 2. The van der Waals surface area contributed by atoms with Crippen LogP contribution in [0.15, 0.2) is 60.7 Å². The van der Waals surface area contributed by atoms with Crippen LogP contribution in [0.1, 0.15) is 25.0 Å². The van der Waals surface area contributed by atoms with E-state index in [2.05, 4.69) is 74.5 Å². The van der Waals surface area contributed by atoms with E-state index in [0.29, 0.717) is 12.2 Å². The highest BCUT2D eigenvalue weighted by atomic mass is 16.1. The molecule has 108 valence electrons. The van der Waals surface area contributed by atoms with Gasteiger partial charge in [0.05, 0.1) is 0 Å². The Hall–Kier alpha value is -2.80. The number of hydrogen-bond acceptors (Lipinski definition) is 2. The van der Waals surface area contributed by atoms with Gasteiger partial charge in [0.2, 0.25) is 0 Å².